The average molecular weight is 427 g/mol. The van der Waals surface area contributed by atoms with Gasteiger partial charge in [0.15, 0.2) is 15.6 Å². The molecule has 1 saturated carbocycles. The molecule has 25 heavy (non-hydrogen) atoms. The van der Waals surface area contributed by atoms with Crippen molar-refractivity contribution in [2.45, 2.75) is 63.2 Å². The molecule has 1 aliphatic rings. The monoisotopic (exact) mass is 426 g/mol. The van der Waals surface area contributed by atoms with E-state index in [-0.39, 0.29) is 5.91 Å². The van der Waals surface area contributed by atoms with Crippen LogP contribution < -0.4 is 5.32 Å². The number of amides is 1. The smallest absolute Gasteiger partial charge is 0.230 e. The van der Waals surface area contributed by atoms with E-state index in [9.17, 15) is 4.79 Å². The zero-order valence-corrected chi connectivity index (χ0v) is 16.7. The summed E-state index contributed by atoms with van der Waals surface area (Å²) in [5, 5.41) is 12.4. The molecular weight excluding hydrogens is 404 g/mol. The molecule has 3 rings (SSSR count). The molecule has 0 radical (unpaired) electrons. The number of rotatable bonds is 6. The molecule has 2 aromatic heterocycles. The van der Waals surface area contributed by atoms with Crippen molar-refractivity contribution < 1.29 is 9.21 Å². The van der Waals surface area contributed by atoms with Crippen LogP contribution in [0.2, 0.25) is 0 Å². The second-order valence-electron chi connectivity index (χ2n) is 6.20. The Balaban J connectivity index is 1.59. The average Bonchev–Trinajstić information content (AvgIpc) is 3.12. The van der Waals surface area contributed by atoms with Crippen LogP contribution in [0.1, 0.15) is 45.4 Å². The zero-order valence-electron chi connectivity index (χ0n) is 14.3. The van der Waals surface area contributed by atoms with Gasteiger partial charge in [-0.25, -0.2) is 0 Å². The quantitative estimate of drug-likeness (QED) is 0.551. The minimum Gasteiger partial charge on any atom is -0.446 e. The van der Waals surface area contributed by atoms with Crippen molar-refractivity contribution in [2.24, 2.45) is 0 Å². The van der Waals surface area contributed by atoms with E-state index < -0.39 is 0 Å². The van der Waals surface area contributed by atoms with Crippen molar-refractivity contribution in [3.63, 3.8) is 0 Å². The van der Waals surface area contributed by atoms with Gasteiger partial charge < -0.3 is 9.73 Å². The lowest BCUT2D eigenvalue weighted by Crippen LogP contribution is -2.35. The number of hydrogen-bond donors (Lipinski definition) is 1. The summed E-state index contributed by atoms with van der Waals surface area (Å²) in [6.45, 7) is 2.74. The first-order chi connectivity index (χ1) is 12.2. The first kappa shape index (κ1) is 18.5. The highest BCUT2D eigenvalue weighted by atomic mass is 79.9. The molecule has 1 aliphatic carbocycles. The number of carbonyl (C=O) groups excluding carboxylic acids is 1. The first-order valence-electron chi connectivity index (χ1n) is 8.78. The number of thioether (sulfide) groups is 1. The van der Waals surface area contributed by atoms with Gasteiger partial charge in [-0.2, -0.15) is 0 Å². The molecule has 0 unspecified atom stereocenters. The van der Waals surface area contributed by atoms with Crippen molar-refractivity contribution in [2.75, 3.05) is 5.75 Å². The van der Waals surface area contributed by atoms with E-state index in [4.69, 9.17) is 4.42 Å². The van der Waals surface area contributed by atoms with E-state index in [2.05, 4.69) is 31.4 Å². The predicted octanol–water partition coefficient (Wildman–Crippen LogP) is 4.25. The Morgan fingerprint density at radius 3 is 2.72 bits per heavy atom. The maximum atomic E-state index is 12.3. The van der Waals surface area contributed by atoms with Gasteiger partial charge in [-0.05, 0) is 47.8 Å². The molecule has 0 aliphatic heterocycles. The number of aromatic nitrogens is 3. The lowest BCUT2D eigenvalue weighted by Gasteiger charge is -2.15. The summed E-state index contributed by atoms with van der Waals surface area (Å²) in [6, 6.07) is 4.01. The summed E-state index contributed by atoms with van der Waals surface area (Å²) in [5.41, 5.74) is 0. The Bertz CT molecular complexity index is 707. The molecule has 136 valence electrons. The minimum atomic E-state index is 0.0739. The first-order valence-corrected chi connectivity index (χ1v) is 10.6. The van der Waals surface area contributed by atoms with Crippen molar-refractivity contribution in [3.05, 3.63) is 16.8 Å². The van der Waals surface area contributed by atoms with Crippen molar-refractivity contribution in [3.8, 4) is 11.6 Å². The van der Waals surface area contributed by atoms with Gasteiger partial charge in [-0.1, -0.05) is 37.4 Å². The Morgan fingerprint density at radius 2 is 2.08 bits per heavy atom. The number of nitrogens with one attached hydrogen (secondary N) is 1. The predicted molar refractivity (Wildman–Crippen MR) is 101 cm³/mol. The Labute approximate surface area is 160 Å². The van der Waals surface area contributed by atoms with E-state index in [1.165, 1.54) is 37.4 Å². The highest BCUT2D eigenvalue weighted by molar-refractivity contribution is 9.10. The molecule has 2 aromatic rings. The van der Waals surface area contributed by atoms with Crippen LogP contribution in [0.4, 0.5) is 0 Å². The van der Waals surface area contributed by atoms with Crippen LogP contribution in [-0.4, -0.2) is 32.5 Å². The number of hydrogen-bond acceptors (Lipinski definition) is 5. The van der Waals surface area contributed by atoms with Crippen molar-refractivity contribution in [1.29, 1.82) is 0 Å². The van der Waals surface area contributed by atoms with E-state index in [0.29, 0.717) is 34.6 Å². The largest absolute Gasteiger partial charge is 0.446 e. The summed E-state index contributed by atoms with van der Waals surface area (Å²) in [4.78, 5) is 12.3. The van der Waals surface area contributed by atoms with Crippen LogP contribution >= 0.6 is 27.7 Å². The molecule has 0 spiro atoms. The molecule has 0 aromatic carbocycles. The summed E-state index contributed by atoms with van der Waals surface area (Å²) in [7, 11) is 0. The van der Waals surface area contributed by atoms with Crippen molar-refractivity contribution >= 4 is 33.6 Å². The van der Waals surface area contributed by atoms with Gasteiger partial charge in [0.2, 0.25) is 11.7 Å². The van der Waals surface area contributed by atoms with Gasteiger partial charge >= 0.3 is 0 Å². The van der Waals surface area contributed by atoms with E-state index in [1.807, 2.05) is 23.6 Å². The van der Waals surface area contributed by atoms with Gasteiger partial charge in [0.25, 0.3) is 0 Å². The Hall–Kier alpha value is -1.28. The van der Waals surface area contributed by atoms with Crippen LogP contribution in [-0.2, 0) is 11.3 Å². The second kappa shape index (κ2) is 8.89. The fourth-order valence-corrected chi connectivity index (χ4v) is 4.24. The SMILES string of the molecule is CCn1c(SCC(=O)NC2CCCCCC2)nnc1-c1ccc(Br)o1. The van der Waals surface area contributed by atoms with Gasteiger partial charge in [-0.3, -0.25) is 9.36 Å². The number of carbonyl (C=O) groups is 1. The van der Waals surface area contributed by atoms with Gasteiger partial charge in [-0.15, -0.1) is 10.2 Å². The molecule has 0 saturated heterocycles. The zero-order chi connectivity index (χ0) is 17.6. The molecular formula is C17H23BrN4O2S. The van der Waals surface area contributed by atoms with Gasteiger partial charge in [0, 0.05) is 12.6 Å². The molecule has 0 bridgehead atoms. The summed E-state index contributed by atoms with van der Waals surface area (Å²) < 4.78 is 8.19. The van der Waals surface area contributed by atoms with E-state index in [1.54, 1.807) is 0 Å². The molecule has 1 N–H and O–H groups in total. The van der Waals surface area contributed by atoms with Crippen LogP contribution in [0.15, 0.2) is 26.4 Å². The van der Waals surface area contributed by atoms with Crippen LogP contribution in [0.3, 0.4) is 0 Å². The molecule has 2 heterocycles. The van der Waals surface area contributed by atoms with Crippen LogP contribution in [0.25, 0.3) is 11.6 Å². The van der Waals surface area contributed by atoms with Gasteiger partial charge in [0.05, 0.1) is 5.75 Å². The standard InChI is InChI=1S/C17H23BrN4O2S/c1-2-22-16(13-9-10-14(18)24-13)20-21-17(22)25-11-15(23)19-12-7-5-3-4-6-8-12/h9-10,12H,2-8,11H2,1H3,(H,19,23). The lowest BCUT2D eigenvalue weighted by atomic mass is 10.1. The van der Waals surface area contributed by atoms with E-state index >= 15 is 0 Å². The normalized spacial score (nSPS) is 15.9. The molecule has 6 nitrogen and oxygen atoms in total. The summed E-state index contributed by atoms with van der Waals surface area (Å²) >= 11 is 4.72. The Morgan fingerprint density at radius 1 is 1.32 bits per heavy atom. The number of nitrogens with zero attached hydrogens (tertiary/aromatic N) is 3. The van der Waals surface area contributed by atoms with Crippen molar-refractivity contribution in [1.82, 2.24) is 20.1 Å². The molecule has 1 amide bonds. The third-order valence-corrected chi connectivity index (χ3v) is 5.77. The summed E-state index contributed by atoms with van der Waals surface area (Å²) in [6.07, 6.45) is 7.19. The maximum absolute atomic E-state index is 12.3. The van der Waals surface area contributed by atoms with Crippen LogP contribution in [0, 0.1) is 0 Å². The maximum Gasteiger partial charge on any atom is 0.230 e. The van der Waals surface area contributed by atoms with Gasteiger partial charge in [0.1, 0.15) is 0 Å². The number of halogens is 1. The third-order valence-electron chi connectivity index (χ3n) is 4.38. The summed E-state index contributed by atoms with van der Waals surface area (Å²) in [5.74, 6) is 1.77. The fraction of sp³-hybridized carbons (Fsp3) is 0.588. The topological polar surface area (TPSA) is 73.0 Å². The molecule has 8 heteroatoms. The van der Waals surface area contributed by atoms with Crippen LogP contribution in [0.5, 0.6) is 0 Å². The Kier molecular flexibility index (Phi) is 6.58. The fourth-order valence-electron chi connectivity index (χ4n) is 3.12. The van der Waals surface area contributed by atoms with E-state index in [0.717, 1.165) is 18.0 Å². The second-order valence-corrected chi connectivity index (χ2v) is 7.92. The number of furan rings is 1. The third kappa shape index (κ3) is 4.88. The molecule has 1 fully saturated rings. The minimum absolute atomic E-state index is 0.0739. The molecule has 0 atom stereocenters. The highest BCUT2D eigenvalue weighted by Gasteiger charge is 2.18. The lowest BCUT2D eigenvalue weighted by molar-refractivity contribution is -0.119. The highest BCUT2D eigenvalue weighted by Crippen LogP contribution is 2.27.